The van der Waals surface area contributed by atoms with Gasteiger partial charge in [0.1, 0.15) is 4.90 Å². The third-order valence-electron chi connectivity index (χ3n) is 5.30. The van der Waals surface area contributed by atoms with Crippen molar-refractivity contribution in [3.63, 3.8) is 0 Å². The Labute approximate surface area is 191 Å². The summed E-state index contributed by atoms with van der Waals surface area (Å²) >= 11 is 13.7. The zero-order valence-corrected chi connectivity index (χ0v) is 20.0. The highest BCUT2D eigenvalue weighted by atomic mass is 35.5. The molecule has 1 fully saturated rings. The molecule has 10 heteroatoms. The molecule has 0 bridgehead atoms. The average Bonchev–Trinajstić information content (AvgIpc) is 3.24. The summed E-state index contributed by atoms with van der Waals surface area (Å²) in [6, 6.07) is 8.57. The van der Waals surface area contributed by atoms with Crippen LogP contribution in [0.1, 0.15) is 23.8 Å². The lowest BCUT2D eigenvalue weighted by Crippen LogP contribution is -2.44. The Morgan fingerprint density at radius 1 is 1.27 bits per heavy atom. The molecule has 1 aromatic heterocycles. The molecular formula is C20H25Cl2N3O3S2. The zero-order chi connectivity index (χ0) is 21.9. The van der Waals surface area contributed by atoms with Crippen molar-refractivity contribution in [1.82, 2.24) is 14.5 Å². The number of hydrogen-bond donors (Lipinski definition) is 1. The van der Waals surface area contributed by atoms with Crippen LogP contribution in [-0.2, 0) is 14.8 Å². The van der Waals surface area contributed by atoms with Gasteiger partial charge in [-0.2, -0.15) is 4.31 Å². The monoisotopic (exact) mass is 489 g/mol. The molecule has 1 aliphatic heterocycles. The average molecular weight is 490 g/mol. The molecule has 6 nitrogen and oxygen atoms in total. The predicted octanol–water partition coefficient (Wildman–Crippen LogP) is 3.87. The van der Waals surface area contributed by atoms with Gasteiger partial charge in [-0.1, -0.05) is 29.3 Å². The molecule has 1 aromatic carbocycles. The van der Waals surface area contributed by atoms with Crippen molar-refractivity contribution in [3.05, 3.63) is 50.6 Å². The first-order valence-electron chi connectivity index (χ1n) is 9.63. The van der Waals surface area contributed by atoms with Crippen molar-refractivity contribution in [2.75, 3.05) is 33.7 Å². The summed E-state index contributed by atoms with van der Waals surface area (Å²) in [6.07, 6.45) is 0.934. The summed E-state index contributed by atoms with van der Waals surface area (Å²) in [6.45, 7) is 1.06. The standard InChI is InChI=1S/C20H25Cl2N3O3S2/c1-24(2)17(18-4-3-11-29-18)13-23-20(26)14-7-9-25(10-8-14)30(27,28)19-12-15(21)5-6-16(19)22/h3-6,11-12,14,17H,7-10,13H2,1-2H3,(H,23,26)/t17-/m0/s1. The normalized spacial score (nSPS) is 17.2. The van der Waals surface area contributed by atoms with Gasteiger partial charge in [0, 0.05) is 35.5 Å². The van der Waals surface area contributed by atoms with E-state index in [1.54, 1.807) is 17.4 Å². The van der Waals surface area contributed by atoms with Crippen LogP contribution in [0.25, 0.3) is 0 Å². The summed E-state index contributed by atoms with van der Waals surface area (Å²) in [5.74, 6) is -0.242. The lowest BCUT2D eigenvalue weighted by Gasteiger charge is -2.31. The number of rotatable bonds is 7. The molecule has 30 heavy (non-hydrogen) atoms. The summed E-state index contributed by atoms with van der Waals surface area (Å²) in [5, 5.41) is 5.52. The first-order valence-corrected chi connectivity index (χ1v) is 12.7. The van der Waals surface area contributed by atoms with E-state index < -0.39 is 10.0 Å². The van der Waals surface area contributed by atoms with Crippen LogP contribution >= 0.6 is 34.5 Å². The number of likely N-dealkylation sites (N-methyl/N-ethyl adjacent to an activating group) is 1. The molecule has 0 spiro atoms. The van der Waals surface area contributed by atoms with E-state index in [2.05, 4.69) is 16.3 Å². The van der Waals surface area contributed by atoms with Gasteiger partial charge in [-0.15, -0.1) is 11.3 Å². The van der Waals surface area contributed by atoms with E-state index in [1.165, 1.54) is 21.3 Å². The van der Waals surface area contributed by atoms with E-state index in [9.17, 15) is 13.2 Å². The van der Waals surface area contributed by atoms with Gasteiger partial charge < -0.3 is 10.2 Å². The Balaban J connectivity index is 1.58. The largest absolute Gasteiger partial charge is 0.354 e. The van der Waals surface area contributed by atoms with Crippen LogP contribution in [0.5, 0.6) is 0 Å². The van der Waals surface area contributed by atoms with Gasteiger partial charge in [0.05, 0.1) is 11.1 Å². The number of thiophene rings is 1. The second kappa shape index (κ2) is 9.97. The van der Waals surface area contributed by atoms with Gasteiger partial charge in [-0.3, -0.25) is 4.79 Å². The minimum absolute atomic E-state index is 0.00402. The molecule has 2 aromatic rings. The maximum Gasteiger partial charge on any atom is 0.244 e. The molecule has 1 aliphatic rings. The van der Waals surface area contributed by atoms with Gasteiger partial charge in [0.25, 0.3) is 0 Å². The fourth-order valence-corrected chi connectivity index (χ4v) is 6.66. The molecule has 2 heterocycles. The van der Waals surface area contributed by atoms with Crippen molar-refractivity contribution in [2.45, 2.75) is 23.8 Å². The van der Waals surface area contributed by atoms with Crippen LogP contribution < -0.4 is 5.32 Å². The number of nitrogens with zero attached hydrogens (tertiary/aromatic N) is 2. The number of hydrogen-bond acceptors (Lipinski definition) is 5. The van der Waals surface area contributed by atoms with Crippen LogP contribution in [0.15, 0.2) is 40.6 Å². The summed E-state index contributed by atoms with van der Waals surface area (Å²) in [5.41, 5.74) is 0. The highest BCUT2D eigenvalue weighted by Gasteiger charge is 2.33. The van der Waals surface area contributed by atoms with Crippen LogP contribution in [0.2, 0.25) is 10.0 Å². The van der Waals surface area contributed by atoms with Crippen LogP contribution in [-0.4, -0.2) is 57.3 Å². The molecule has 1 amide bonds. The fraction of sp³-hybridized carbons (Fsp3) is 0.450. The lowest BCUT2D eigenvalue weighted by atomic mass is 9.97. The molecule has 0 radical (unpaired) electrons. The molecule has 3 rings (SSSR count). The topological polar surface area (TPSA) is 69.7 Å². The van der Waals surface area contributed by atoms with Crippen molar-refractivity contribution < 1.29 is 13.2 Å². The van der Waals surface area contributed by atoms with Gasteiger partial charge in [0.2, 0.25) is 15.9 Å². The van der Waals surface area contributed by atoms with E-state index in [0.29, 0.717) is 24.4 Å². The fourth-order valence-electron chi connectivity index (χ4n) is 3.53. The van der Waals surface area contributed by atoms with Crippen molar-refractivity contribution in [2.24, 2.45) is 5.92 Å². The minimum Gasteiger partial charge on any atom is -0.354 e. The number of carbonyl (C=O) groups is 1. The Kier molecular flexibility index (Phi) is 7.81. The number of halogens is 2. The number of nitrogens with one attached hydrogen (secondary N) is 1. The van der Waals surface area contributed by atoms with E-state index in [-0.39, 0.29) is 40.9 Å². The summed E-state index contributed by atoms with van der Waals surface area (Å²) in [7, 11) is 0.223. The molecule has 1 N–H and O–H groups in total. The van der Waals surface area contributed by atoms with E-state index in [4.69, 9.17) is 23.2 Å². The maximum atomic E-state index is 12.9. The van der Waals surface area contributed by atoms with Crippen LogP contribution in [0, 0.1) is 5.92 Å². The van der Waals surface area contributed by atoms with Crippen LogP contribution in [0.4, 0.5) is 0 Å². The third-order valence-corrected chi connectivity index (χ3v) is 8.89. The molecule has 0 aliphatic carbocycles. The highest BCUT2D eigenvalue weighted by Crippen LogP contribution is 2.30. The van der Waals surface area contributed by atoms with Gasteiger partial charge in [0.15, 0.2) is 0 Å². The molecular weight excluding hydrogens is 465 g/mol. The zero-order valence-electron chi connectivity index (χ0n) is 16.8. The first-order chi connectivity index (χ1) is 14.2. The molecule has 1 atom stereocenters. The first kappa shape index (κ1) is 23.5. The number of piperidine rings is 1. The Hall–Kier alpha value is -1.16. The minimum atomic E-state index is -3.75. The van der Waals surface area contributed by atoms with E-state index >= 15 is 0 Å². The molecule has 164 valence electrons. The van der Waals surface area contributed by atoms with Gasteiger partial charge in [-0.05, 0) is 56.6 Å². The highest BCUT2D eigenvalue weighted by molar-refractivity contribution is 7.89. The van der Waals surface area contributed by atoms with Crippen molar-refractivity contribution >= 4 is 50.5 Å². The maximum absolute atomic E-state index is 12.9. The summed E-state index contributed by atoms with van der Waals surface area (Å²) in [4.78, 5) is 16.0. The predicted molar refractivity (Wildman–Crippen MR) is 122 cm³/mol. The van der Waals surface area contributed by atoms with Gasteiger partial charge in [-0.25, -0.2) is 8.42 Å². The Bertz CT molecular complexity index is 973. The van der Waals surface area contributed by atoms with E-state index in [1.807, 2.05) is 25.5 Å². The van der Waals surface area contributed by atoms with Crippen molar-refractivity contribution in [1.29, 1.82) is 0 Å². The Morgan fingerprint density at radius 3 is 2.57 bits per heavy atom. The third kappa shape index (κ3) is 5.36. The Morgan fingerprint density at radius 2 is 1.97 bits per heavy atom. The summed E-state index contributed by atoms with van der Waals surface area (Å²) < 4.78 is 27.2. The van der Waals surface area contributed by atoms with E-state index in [0.717, 1.165) is 0 Å². The van der Waals surface area contributed by atoms with Gasteiger partial charge >= 0.3 is 0 Å². The quantitative estimate of drug-likeness (QED) is 0.640. The number of carbonyl (C=O) groups excluding carboxylic acids is 1. The second-order valence-electron chi connectivity index (χ2n) is 7.49. The molecule has 1 saturated heterocycles. The number of amides is 1. The van der Waals surface area contributed by atoms with Crippen molar-refractivity contribution in [3.8, 4) is 0 Å². The lowest BCUT2D eigenvalue weighted by molar-refractivity contribution is -0.126. The second-order valence-corrected chi connectivity index (χ2v) is 11.2. The molecule has 0 saturated carbocycles. The SMILES string of the molecule is CN(C)[C@@H](CNC(=O)C1CCN(S(=O)(=O)c2cc(Cl)ccc2Cl)CC1)c1cccs1. The number of sulfonamides is 1. The smallest absolute Gasteiger partial charge is 0.244 e. The number of benzene rings is 1. The molecule has 0 unspecified atom stereocenters. The van der Waals surface area contributed by atoms with Crippen LogP contribution in [0.3, 0.4) is 0 Å².